The number of hydrogen-bond donors (Lipinski definition) is 2. The SMILES string of the molecule is CC(=O)N[C@@H](Cc1ccccc1)c1nc(C(=O)NCc2cnn(C)c2)cs1. The van der Waals surface area contributed by atoms with Gasteiger partial charge in [-0.1, -0.05) is 30.3 Å². The highest BCUT2D eigenvalue weighted by atomic mass is 32.1. The summed E-state index contributed by atoms with van der Waals surface area (Å²) in [6, 6.07) is 9.60. The molecule has 0 spiro atoms. The molecule has 0 saturated heterocycles. The molecule has 0 radical (unpaired) electrons. The van der Waals surface area contributed by atoms with Gasteiger partial charge in [-0.05, 0) is 12.0 Å². The number of aromatic nitrogens is 3. The van der Waals surface area contributed by atoms with Gasteiger partial charge in [0.15, 0.2) is 0 Å². The van der Waals surface area contributed by atoms with E-state index < -0.39 is 0 Å². The molecule has 8 heteroatoms. The predicted molar refractivity (Wildman–Crippen MR) is 103 cm³/mol. The highest BCUT2D eigenvalue weighted by molar-refractivity contribution is 7.09. The first-order valence-electron chi connectivity index (χ1n) is 8.53. The van der Waals surface area contributed by atoms with Gasteiger partial charge in [-0.3, -0.25) is 14.3 Å². The fraction of sp³-hybridized carbons (Fsp3) is 0.263. The summed E-state index contributed by atoms with van der Waals surface area (Å²) in [4.78, 5) is 28.4. The van der Waals surface area contributed by atoms with Gasteiger partial charge in [-0.15, -0.1) is 11.3 Å². The Morgan fingerprint density at radius 3 is 2.67 bits per heavy atom. The molecule has 2 amide bonds. The third-order valence-corrected chi connectivity index (χ3v) is 4.88. The largest absolute Gasteiger partial charge is 0.347 e. The summed E-state index contributed by atoms with van der Waals surface area (Å²) >= 11 is 1.37. The van der Waals surface area contributed by atoms with Crippen molar-refractivity contribution in [2.45, 2.75) is 25.9 Å². The maximum atomic E-state index is 12.4. The third kappa shape index (κ3) is 5.24. The number of rotatable bonds is 7. The van der Waals surface area contributed by atoms with E-state index in [-0.39, 0.29) is 17.9 Å². The number of aryl methyl sites for hydroxylation is 1. The fourth-order valence-corrected chi connectivity index (χ4v) is 3.53. The minimum absolute atomic E-state index is 0.131. The number of benzene rings is 1. The van der Waals surface area contributed by atoms with E-state index in [4.69, 9.17) is 0 Å². The van der Waals surface area contributed by atoms with Crippen LogP contribution in [0.1, 0.15) is 39.6 Å². The van der Waals surface area contributed by atoms with E-state index in [1.807, 2.05) is 43.6 Å². The lowest BCUT2D eigenvalue weighted by atomic mass is 10.1. The van der Waals surface area contributed by atoms with Crippen LogP contribution < -0.4 is 10.6 Å². The molecule has 0 fully saturated rings. The molecule has 0 aliphatic rings. The van der Waals surface area contributed by atoms with Gasteiger partial charge in [0.05, 0.1) is 12.2 Å². The summed E-state index contributed by atoms with van der Waals surface area (Å²) in [6.07, 6.45) is 4.17. The second kappa shape index (κ2) is 8.59. The molecule has 140 valence electrons. The monoisotopic (exact) mass is 383 g/mol. The van der Waals surface area contributed by atoms with Crippen molar-refractivity contribution in [3.05, 3.63) is 69.9 Å². The van der Waals surface area contributed by atoms with Crippen molar-refractivity contribution in [3.63, 3.8) is 0 Å². The third-order valence-electron chi connectivity index (χ3n) is 3.92. The minimum atomic E-state index is -0.269. The molecule has 0 saturated carbocycles. The summed E-state index contributed by atoms with van der Waals surface area (Å²) in [5.41, 5.74) is 2.36. The van der Waals surface area contributed by atoms with Crippen molar-refractivity contribution >= 4 is 23.2 Å². The first-order chi connectivity index (χ1) is 13.0. The van der Waals surface area contributed by atoms with Crippen molar-refractivity contribution in [2.24, 2.45) is 7.05 Å². The van der Waals surface area contributed by atoms with E-state index in [2.05, 4.69) is 20.7 Å². The van der Waals surface area contributed by atoms with Crippen LogP contribution >= 0.6 is 11.3 Å². The molecule has 3 rings (SSSR count). The lowest BCUT2D eigenvalue weighted by Crippen LogP contribution is -2.28. The molecule has 3 aromatic rings. The van der Waals surface area contributed by atoms with Gasteiger partial charge in [0.25, 0.3) is 5.91 Å². The first kappa shape index (κ1) is 18.8. The Hall–Kier alpha value is -3.00. The molecular weight excluding hydrogens is 362 g/mol. The highest BCUT2D eigenvalue weighted by Gasteiger charge is 2.19. The van der Waals surface area contributed by atoms with Gasteiger partial charge in [-0.25, -0.2) is 4.98 Å². The number of carbonyl (C=O) groups is 2. The van der Waals surface area contributed by atoms with Gasteiger partial charge in [0.2, 0.25) is 5.91 Å². The van der Waals surface area contributed by atoms with Crippen LogP contribution in [0.2, 0.25) is 0 Å². The van der Waals surface area contributed by atoms with Crippen LogP contribution in [0.15, 0.2) is 48.1 Å². The molecule has 2 heterocycles. The topological polar surface area (TPSA) is 88.9 Å². The van der Waals surface area contributed by atoms with Crippen LogP contribution in [0, 0.1) is 0 Å². The molecule has 2 N–H and O–H groups in total. The van der Waals surface area contributed by atoms with Crippen LogP contribution in [-0.4, -0.2) is 26.6 Å². The average Bonchev–Trinajstić information content (AvgIpc) is 3.29. The second-order valence-corrected chi connectivity index (χ2v) is 7.11. The Bertz CT molecular complexity index is 919. The van der Waals surface area contributed by atoms with Crippen molar-refractivity contribution in [1.82, 2.24) is 25.4 Å². The molecule has 0 aliphatic carbocycles. The zero-order chi connectivity index (χ0) is 19.2. The molecule has 27 heavy (non-hydrogen) atoms. The van der Waals surface area contributed by atoms with Gasteiger partial charge >= 0.3 is 0 Å². The van der Waals surface area contributed by atoms with E-state index in [0.29, 0.717) is 23.7 Å². The van der Waals surface area contributed by atoms with Crippen molar-refractivity contribution in [2.75, 3.05) is 0 Å². The summed E-state index contributed by atoms with van der Waals surface area (Å²) < 4.78 is 1.68. The molecular formula is C19H21N5O2S. The second-order valence-electron chi connectivity index (χ2n) is 6.22. The molecule has 2 aromatic heterocycles. The Kier molecular flexibility index (Phi) is 5.97. The Labute approximate surface area is 161 Å². The number of hydrogen-bond acceptors (Lipinski definition) is 5. The molecule has 1 atom stereocenters. The first-order valence-corrected chi connectivity index (χ1v) is 9.41. The zero-order valence-electron chi connectivity index (χ0n) is 15.2. The maximum Gasteiger partial charge on any atom is 0.271 e. The molecule has 0 aliphatic heterocycles. The smallest absolute Gasteiger partial charge is 0.271 e. The Morgan fingerprint density at radius 2 is 2.00 bits per heavy atom. The number of amides is 2. The summed E-state index contributed by atoms with van der Waals surface area (Å²) in [7, 11) is 1.83. The summed E-state index contributed by atoms with van der Waals surface area (Å²) in [5.74, 6) is -0.378. The van der Waals surface area contributed by atoms with Crippen molar-refractivity contribution in [1.29, 1.82) is 0 Å². The quantitative estimate of drug-likeness (QED) is 0.655. The number of carbonyl (C=O) groups excluding carboxylic acids is 2. The summed E-state index contributed by atoms with van der Waals surface area (Å²) in [5, 5.41) is 12.3. The number of nitrogens with one attached hydrogen (secondary N) is 2. The van der Waals surface area contributed by atoms with Gasteiger partial charge in [0.1, 0.15) is 10.7 Å². The van der Waals surface area contributed by atoms with E-state index in [1.54, 1.807) is 16.3 Å². The average molecular weight is 383 g/mol. The van der Waals surface area contributed by atoms with Crippen molar-refractivity contribution in [3.8, 4) is 0 Å². The van der Waals surface area contributed by atoms with Crippen LogP contribution in [0.3, 0.4) is 0 Å². The maximum absolute atomic E-state index is 12.4. The lowest BCUT2D eigenvalue weighted by Gasteiger charge is -2.15. The summed E-state index contributed by atoms with van der Waals surface area (Å²) in [6.45, 7) is 1.87. The van der Waals surface area contributed by atoms with E-state index >= 15 is 0 Å². The minimum Gasteiger partial charge on any atom is -0.347 e. The van der Waals surface area contributed by atoms with Crippen LogP contribution in [-0.2, 0) is 24.8 Å². The van der Waals surface area contributed by atoms with Crippen LogP contribution in [0.25, 0.3) is 0 Å². The number of nitrogens with zero attached hydrogens (tertiary/aromatic N) is 3. The Balaban J connectivity index is 1.68. The molecule has 0 unspecified atom stereocenters. The predicted octanol–water partition coefficient (Wildman–Crippen LogP) is 2.23. The standard InChI is InChI=1S/C19H21N5O2S/c1-13(25)22-16(8-14-6-4-3-5-7-14)19-23-17(12-27-19)18(26)20-9-15-10-21-24(2)11-15/h3-7,10-12,16H,8-9H2,1-2H3,(H,20,26)(H,22,25)/t16-/m0/s1. The van der Waals surface area contributed by atoms with E-state index in [1.165, 1.54) is 18.3 Å². The Morgan fingerprint density at radius 1 is 1.22 bits per heavy atom. The lowest BCUT2D eigenvalue weighted by molar-refractivity contribution is -0.119. The molecule has 1 aromatic carbocycles. The van der Waals surface area contributed by atoms with Gasteiger partial charge in [0, 0.05) is 37.7 Å². The van der Waals surface area contributed by atoms with Crippen LogP contribution in [0.5, 0.6) is 0 Å². The van der Waals surface area contributed by atoms with Crippen molar-refractivity contribution < 1.29 is 9.59 Å². The molecule has 0 bridgehead atoms. The number of thiazole rings is 1. The van der Waals surface area contributed by atoms with Gasteiger partial charge < -0.3 is 10.6 Å². The van der Waals surface area contributed by atoms with E-state index in [0.717, 1.165) is 11.1 Å². The zero-order valence-corrected chi connectivity index (χ0v) is 16.0. The van der Waals surface area contributed by atoms with Gasteiger partial charge in [-0.2, -0.15) is 5.10 Å². The fourth-order valence-electron chi connectivity index (χ4n) is 2.68. The van der Waals surface area contributed by atoms with E-state index in [9.17, 15) is 9.59 Å². The van der Waals surface area contributed by atoms with Crippen LogP contribution in [0.4, 0.5) is 0 Å². The molecule has 7 nitrogen and oxygen atoms in total. The highest BCUT2D eigenvalue weighted by Crippen LogP contribution is 2.22. The normalized spacial score (nSPS) is 11.8.